The van der Waals surface area contributed by atoms with E-state index < -0.39 is 0 Å². The lowest BCUT2D eigenvalue weighted by molar-refractivity contribution is -0.140. The normalized spacial score (nSPS) is 9.80. The second-order valence-electron chi connectivity index (χ2n) is 3.41. The third kappa shape index (κ3) is 3.62. The lowest BCUT2D eigenvalue weighted by atomic mass is 10.1. The highest BCUT2D eigenvalue weighted by Gasteiger charge is 2.03. The molecule has 0 saturated carbocycles. The zero-order valence-corrected chi connectivity index (χ0v) is 9.37. The van der Waals surface area contributed by atoms with Gasteiger partial charge in [0.25, 0.3) is 0 Å². The van der Waals surface area contributed by atoms with E-state index >= 15 is 0 Å². The molecule has 0 fully saturated rings. The predicted octanol–water partition coefficient (Wildman–Crippen LogP) is 2.11. The first kappa shape index (κ1) is 11.6. The van der Waals surface area contributed by atoms with E-state index in [1.165, 1.54) is 6.92 Å². The lowest BCUT2D eigenvalue weighted by Gasteiger charge is -2.09. The molecule has 0 aliphatic carbocycles. The van der Waals surface area contributed by atoms with Crippen LogP contribution in [0.15, 0.2) is 18.2 Å². The van der Waals surface area contributed by atoms with Gasteiger partial charge in [-0.1, -0.05) is 12.1 Å². The second kappa shape index (κ2) is 5.39. The van der Waals surface area contributed by atoms with Crippen molar-refractivity contribution in [3.8, 4) is 5.75 Å². The molecule has 0 spiro atoms. The van der Waals surface area contributed by atoms with Crippen molar-refractivity contribution in [1.82, 2.24) is 0 Å². The number of aryl methyl sites for hydroxylation is 1. The molecule has 0 atom stereocenters. The van der Waals surface area contributed by atoms with Gasteiger partial charge < -0.3 is 9.47 Å². The number of methoxy groups -OCH3 is 1. The number of benzene rings is 1. The molecule has 82 valence electrons. The van der Waals surface area contributed by atoms with Gasteiger partial charge in [0.2, 0.25) is 0 Å². The van der Waals surface area contributed by atoms with E-state index in [4.69, 9.17) is 9.47 Å². The number of carbonyl (C=O) groups is 1. The van der Waals surface area contributed by atoms with E-state index in [2.05, 4.69) is 0 Å². The second-order valence-corrected chi connectivity index (χ2v) is 3.41. The van der Waals surface area contributed by atoms with Gasteiger partial charge in [-0.15, -0.1) is 0 Å². The maximum atomic E-state index is 10.6. The fourth-order valence-electron chi connectivity index (χ4n) is 1.36. The number of esters is 1. The number of ether oxygens (including phenoxy) is 2. The van der Waals surface area contributed by atoms with Crippen molar-refractivity contribution in [2.24, 2.45) is 0 Å². The highest BCUT2D eigenvalue weighted by molar-refractivity contribution is 5.65. The van der Waals surface area contributed by atoms with Gasteiger partial charge in [-0.3, -0.25) is 4.79 Å². The summed E-state index contributed by atoms with van der Waals surface area (Å²) in [6.07, 6.45) is 0.684. The first-order chi connectivity index (χ1) is 7.13. The molecule has 0 aliphatic rings. The monoisotopic (exact) mass is 208 g/mol. The molecule has 15 heavy (non-hydrogen) atoms. The summed E-state index contributed by atoms with van der Waals surface area (Å²) < 4.78 is 10.1. The van der Waals surface area contributed by atoms with Crippen LogP contribution in [0.2, 0.25) is 0 Å². The van der Waals surface area contributed by atoms with Crippen LogP contribution in [-0.4, -0.2) is 19.7 Å². The zero-order valence-electron chi connectivity index (χ0n) is 9.37. The van der Waals surface area contributed by atoms with Crippen LogP contribution in [-0.2, 0) is 16.0 Å². The van der Waals surface area contributed by atoms with Gasteiger partial charge >= 0.3 is 5.97 Å². The van der Waals surface area contributed by atoms with Gasteiger partial charge in [0.05, 0.1) is 13.7 Å². The Hall–Kier alpha value is -1.51. The summed E-state index contributed by atoms with van der Waals surface area (Å²) in [4.78, 5) is 10.6. The van der Waals surface area contributed by atoms with Crippen LogP contribution in [0.5, 0.6) is 5.75 Å². The number of hydrogen-bond donors (Lipinski definition) is 0. The molecule has 3 nitrogen and oxygen atoms in total. The van der Waals surface area contributed by atoms with Crippen molar-refractivity contribution in [2.75, 3.05) is 13.7 Å². The molecule has 0 aromatic heterocycles. The fourth-order valence-corrected chi connectivity index (χ4v) is 1.36. The minimum absolute atomic E-state index is 0.249. The highest BCUT2D eigenvalue weighted by Crippen LogP contribution is 2.20. The molecule has 0 bridgehead atoms. The maximum Gasteiger partial charge on any atom is 0.302 e. The van der Waals surface area contributed by atoms with Crippen LogP contribution in [0.3, 0.4) is 0 Å². The minimum atomic E-state index is -0.249. The molecule has 0 aliphatic heterocycles. The van der Waals surface area contributed by atoms with E-state index in [0.29, 0.717) is 13.0 Å². The van der Waals surface area contributed by atoms with Crippen LogP contribution in [0, 0.1) is 6.92 Å². The number of rotatable bonds is 4. The van der Waals surface area contributed by atoms with Gasteiger partial charge in [0, 0.05) is 13.3 Å². The van der Waals surface area contributed by atoms with E-state index in [0.717, 1.165) is 16.9 Å². The largest absolute Gasteiger partial charge is 0.496 e. The van der Waals surface area contributed by atoms with Gasteiger partial charge in [-0.2, -0.15) is 0 Å². The molecule has 0 amide bonds. The predicted molar refractivity (Wildman–Crippen MR) is 58.1 cm³/mol. The topological polar surface area (TPSA) is 35.5 Å². The average molecular weight is 208 g/mol. The standard InChI is InChI=1S/C12H16O3/c1-9-4-5-11(12(8-9)14-3)6-7-15-10(2)13/h4-5,8H,6-7H2,1-3H3. The molecule has 3 heteroatoms. The van der Waals surface area contributed by atoms with Crippen LogP contribution in [0.25, 0.3) is 0 Å². The van der Waals surface area contributed by atoms with Crippen LogP contribution in [0.4, 0.5) is 0 Å². The zero-order chi connectivity index (χ0) is 11.3. The van der Waals surface area contributed by atoms with Crippen molar-refractivity contribution >= 4 is 5.97 Å². The summed E-state index contributed by atoms with van der Waals surface area (Å²) in [7, 11) is 1.64. The molecule has 0 saturated heterocycles. The van der Waals surface area contributed by atoms with Gasteiger partial charge in [0.15, 0.2) is 0 Å². The lowest BCUT2D eigenvalue weighted by Crippen LogP contribution is -2.04. The van der Waals surface area contributed by atoms with E-state index in [1.54, 1.807) is 7.11 Å². The Morgan fingerprint density at radius 1 is 1.40 bits per heavy atom. The fraction of sp³-hybridized carbons (Fsp3) is 0.417. The summed E-state index contributed by atoms with van der Waals surface area (Å²) in [6, 6.07) is 5.99. The van der Waals surface area contributed by atoms with Gasteiger partial charge in [-0.25, -0.2) is 0 Å². The molecule has 1 aromatic rings. The van der Waals surface area contributed by atoms with Crippen molar-refractivity contribution in [3.63, 3.8) is 0 Å². The first-order valence-corrected chi connectivity index (χ1v) is 4.90. The van der Waals surface area contributed by atoms with E-state index in [1.807, 2.05) is 25.1 Å². The Morgan fingerprint density at radius 2 is 2.13 bits per heavy atom. The molecular weight excluding hydrogens is 192 g/mol. The highest BCUT2D eigenvalue weighted by atomic mass is 16.5. The van der Waals surface area contributed by atoms with E-state index in [9.17, 15) is 4.79 Å². The first-order valence-electron chi connectivity index (χ1n) is 4.90. The third-order valence-corrected chi connectivity index (χ3v) is 2.12. The van der Waals surface area contributed by atoms with Crippen molar-refractivity contribution in [3.05, 3.63) is 29.3 Å². The SMILES string of the molecule is COc1cc(C)ccc1CCOC(C)=O. The van der Waals surface area contributed by atoms with Gasteiger partial charge in [0.1, 0.15) is 5.75 Å². The van der Waals surface area contributed by atoms with Crippen LogP contribution >= 0.6 is 0 Å². The molecular formula is C12H16O3. The number of hydrogen-bond acceptors (Lipinski definition) is 3. The Morgan fingerprint density at radius 3 is 2.73 bits per heavy atom. The summed E-state index contributed by atoms with van der Waals surface area (Å²) >= 11 is 0. The van der Waals surface area contributed by atoms with E-state index in [-0.39, 0.29) is 5.97 Å². The molecule has 0 N–H and O–H groups in total. The van der Waals surface area contributed by atoms with Crippen molar-refractivity contribution < 1.29 is 14.3 Å². The smallest absolute Gasteiger partial charge is 0.302 e. The summed E-state index contributed by atoms with van der Waals surface area (Å²) in [5.74, 6) is 0.600. The Balaban J connectivity index is 2.63. The summed E-state index contributed by atoms with van der Waals surface area (Å²) in [5.41, 5.74) is 2.22. The Kier molecular flexibility index (Phi) is 4.16. The Bertz CT molecular complexity index is 345. The average Bonchev–Trinajstić information content (AvgIpc) is 2.19. The Labute approximate surface area is 90.0 Å². The molecule has 0 unspecified atom stereocenters. The molecule has 1 rings (SSSR count). The van der Waals surface area contributed by atoms with Crippen LogP contribution in [0.1, 0.15) is 18.1 Å². The van der Waals surface area contributed by atoms with Gasteiger partial charge in [-0.05, 0) is 24.1 Å². The molecule has 1 aromatic carbocycles. The maximum absolute atomic E-state index is 10.6. The molecule has 0 heterocycles. The summed E-state index contributed by atoms with van der Waals surface area (Å²) in [5, 5.41) is 0. The number of carbonyl (C=O) groups excluding carboxylic acids is 1. The summed E-state index contributed by atoms with van der Waals surface area (Å²) in [6.45, 7) is 3.82. The van der Waals surface area contributed by atoms with Crippen LogP contribution < -0.4 is 4.74 Å². The van der Waals surface area contributed by atoms with Crippen molar-refractivity contribution in [2.45, 2.75) is 20.3 Å². The third-order valence-electron chi connectivity index (χ3n) is 2.12. The quantitative estimate of drug-likeness (QED) is 0.711. The minimum Gasteiger partial charge on any atom is -0.496 e. The van der Waals surface area contributed by atoms with Crippen molar-refractivity contribution in [1.29, 1.82) is 0 Å². The molecule has 0 radical (unpaired) electrons.